The van der Waals surface area contributed by atoms with Crippen LogP contribution in [0.25, 0.3) is 6.08 Å². The van der Waals surface area contributed by atoms with E-state index in [1.807, 2.05) is 25.1 Å². The molecule has 1 fully saturated rings. The average molecular weight is 517 g/mol. The summed E-state index contributed by atoms with van der Waals surface area (Å²) in [7, 11) is 1.53. The van der Waals surface area contributed by atoms with Crippen LogP contribution in [0.2, 0.25) is 0 Å². The maximum absolute atomic E-state index is 12.4. The van der Waals surface area contributed by atoms with E-state index in [4.69, 9.17) is 9.47 Å². The lowest BCUT2D eigenvalue weighted by Gasteiger charge is -2.14. The number of ether oxygens (including phenoxy) is 2. The van der Waals surface area contributed by atoms with Crippen molar-refractivity contribution in [2.75, 3.05) is 13.7 Å². The first kappa shape index (κ1) is 21.6. The van der Waals surface area contributed by atoms with Crippen molar-refractivity contribution in [3.8, 4) is 17.6 Å². The number of halogens is 1. The molecule has 3 amide bonds. The van der Waals surface area contributed by atoms with Gasteiger partial charge in [-0.1, -0.05) is 25.1 Å². The standard InChI is InChI=1S/C22H20IN3O4/c1-3-8-26-21(27)18(25-22(26)28)10-14-9-17(23)20(19(11-14)29-2)30-13-16-7-5-4-6-15(16)12-24/h4-7,9-11H,3,8,13H2,1-2H3,(H,25,28)/b18-10+. The maximum atomic E-state index is 12.4. The number of benzene rings is 2. The monoisotopic (exact) mass is 517 g/mol. The molecular formula is C22H20IN3O4. The second-order valence-corrected chi connectivity index (χ2v) is 7.70. The van der Waals surface area contributed by atoms with Crippen molar-refractivity contribution in [3.05, 3.63) is 62.4 Å². The lowest BCUT2D eigenvalue weighted by Crippen LogP contribution is -2.31. The Kier molecular flexibility index (Phi) is 6.95. The van der Waals surface area contributed by atoms with Gasteiger partial charge in [-0.25, -0.2) is 4.79 Å². The normalized spacial score (nSPS) is 14.6. The summed E-state index contributed by atoms with van der Waals surface area (Å²) in [5.41, 5.74) is 2.25. The van der Waals surface area contributed by atoms with Crippen LogP contribution in [-0.4, -0.2) is 30.5 Å². The molecule has 1 saturated heterocycles. The number of nitrogens with zero attached hydrogens (tertiary/aromatic N) is 2. The predicted octanol–water partition coefficient (Wildman–Crippen LogP) is 4.05. The second kappa shape index (κ2) is 9.63. The zero-order chi connectivity index (χ0) is 21.7. The molecule has 7 nitrogen and oxygen atoms in total. The SMILES string of the molecule is CCCN1C(=O)N/C(=C/c2cc(I)c(OCc3ccccc3C#N)c(OC)c2)C1=O. The van der Waals surface area contributed by atoms with E-state index in [2.05, 4.69) is 34.0 Å². The number of hydrogen-bond donors (Lipinski definition) is 1. The van der Waals surface area contributed by atoms with E-state index in [0.717, 1.165) is 9.13 Å². The number of carbonyl (C=O) groups excluding carboxylic acids is 2. The Hall–Kier alpha value is -3.06. The van der Waals surface area contributed by atoms with Crippen molar-refractivity contribution < 1.29 is 19.1 Å². The Labute approximate surface area is 188 Å². The van der Waals surface area contributed by atoms with Crippen LogP contribution in [0.1, 0.15) is 30.0 Å². The van der Waals surface area contributed by atoms with Gasteiger partial charge in [0.05, 0.1) is 22.3 Å². The van der Waals surface area contributed by atoms with Gasteiger partial charge >= 0.3 is 6.03 Å². The molecule has 1 heterocycles. The third kappa shape index (κ3) is 4.57. The molecule has 8 heteroatoms. The van der Waals surface area contributed by atoms with E-state index in [-0.39, 0.29) is 18.2 Å². The quantitative estimate of drug-likeness (QED) is 0.340. The van der Waals surface area contributed by atoms with Crippen LogP contribution in [0.5, 0.6) is 11.5 Å². The minimum atomic E-state index is -0.411. The van der Waals surface area contributed by atoms with Crippen LogP contribution < -0.4 is 14.8 Å². The minimum Gasteiger partial charge on any atom is -0.493 e. The van der Waals surface area contributed by atoms with Gasteiger partial charge in [-0.2, -0.15) is 5.26 Å². The Morgan fingerprint density at radius 3 is 2.73 bits per heavy atom. The molecule has 0 spiro atoms. The maximum Gasteiger partial charge on any atom is 0.329 e. The minimum absolute atomic E-state index is 0.219. The van der Waals surface area contributed by atoms with E-state index in [1.54, 1.807) is 24.3 Å². The fourth-order valence-corrected chi connectivity index (χ4v) is 3.81. The lowest BCUT2D eigenvalue weighted by atomic mass is 10.1. The molecule has 1 aliphatic heterocycles. The Morgan fingerprint density at radius 1 is 1.27 bits per heavy atom. The van der Waals surface area contributed by atoms with Crippen molar-refractivity contribution in [2.45, 2.75) is 20.0 Å². The van der Waals surface area contributed by atoms with Gasteiger partial charge in [-0.05, 0) is 58.9 Å². The van der Waals surface area contributed by atoms with Crippen LogP contribution >= 0.6 is 22.6 Å². The zero-order valence-corrected chi connectivity index (χ0v) is 18.7. The number of methoxy groups -OCH3 is 1. The van der Waals surface area contributed by atoms with Crippen molar-refractivity contribution in [1.82, 2.24) is 10.2 Å². The summed E-state index contributed by atoms with van der Waals surface area (Å²) >= 11 is 2.13. The molecule has 0 aliphatic carbocycles. The molecule has 0 atom stereocenters. The fraction of sp³-hybridized carbons (Fsp3) is 0.227. The highest BCUT2D eigenvalue weighted by Gasteiger charge is 2.32. The van der Waals surface area contributed by atoms with Crippen LogP contribution in [0.4, 0.5) is 4.79 Å². The smallest absolute Gasteiger partial charge is 0.329 e. The molecule has 0 bridgehead atoms. The largest absolute Gasteiger partial charge is 0.493 e. The molecular weight excluding hydrogens is 497 g/mol. The molecule has 1 N–H and O–H groups in total. The van der Waals surface area contributed by atoms with Gasteiger partial charge in [0.25, 0.3) is 5.91 Å². The second-order valence-electron chi connectivity index (χ2n) is 6.54. The zero-order valence-electron chi connectivity index (χ0n) is 16.6. The third-order valence-corrected chi connectivity index (χ3v) is 5.28. The first-order valence-electron chi connectivity index (χ1n) is 9.31. The number of nitriles is 1. The Balaban J connectivity index is 1.85. The summed E-state index contributed by atoms with van der Waals surface area (Å²) in [5.74, 6) is 0.692. The highest BCUT2D eigenvalue weighted by molar-refractivity contribution is 14.1. The van der Waals surface area contributed by atoms with Gasteiger partial charge in [-0.15, -0.1) is 0 Å². The van der Waals surface area contributed by atoms with Gasteiger partial charge in [0.1, 0.15) is 12.3 Å². The highest BCUT2D eigenvalue weighted by Crippen LogP contribution is 2.35. The molecule has 2 aromatic rings. The summed E-state index contributed by atoms with van der Waals surface area (Å²) < 4.78 is 12.2. The van der Waals surface area contributed by atoms with Gasteiger partial charge < -0.3 is 14.8 Å². The first-order valence-corrected chi connectivity index (χ1v) is 10.4. The Morgan fingerprint density at radius 2 is 2.03 bits per heavy atom. The lowest BCUT2D eigenvalue weighted by molar-refractivity contribution is -0.122. The molecule has 0 saturated carbocycles. The van der Waals surface area contributed by atoms with Crippen LogP contribution in [0, 0.1) is 14.9 Å². The van der Waals surface area contributed by atoms with Crippen LogP contribution in [-0.2, 0) is 11.4 Å². The number of carbonyl (C=O) groups is 2. The summed E-state index contributed by atoms with van der Waals surface area (Å²) in [6, 6.07) is 12.6. The van der Waals surface area contributed by atoms with Crippen LogP contribution in [0.3, 0.4) is 0 Å². The topological polar surface area (TPSA) is 91.7 Å². The van der Waals surface area contributed by atoms with E-state index in [9.17, 15) is 14.9 Å². The van der Waals surface area contributed by atoms with E-state index < -0.39 is 6.03 Å². The number of urea groups is 1. The molecule has 2 aromatic carbocycles. The molecule has 154 valence electrons. The molecule has 3 rings (SSSR count). The first-order chi connectivity index (χ1) is 14.5. The van der Waals surface area contributed by atoms with Gasteiger partial charge in [0.15, 0.2) is 11.5 Å². The number of hydrogen-bond acceptors (Lipinski definition) is 5. The molecule has 1 aliphatic rings. The van der Waals surface area contributed by atoms with Crippen molar-refractivity contribution in [1.29, 1.82) is 5.26 Å². The average Bonchev–Trinajstić information content (AvgIpc) is 3.00. The van der Waals surface area contributed by atoms with E-state index in [0.29, 0.717) is 35.6 Å². The molecule has 30 heavy (non-hydrogen) atoms. The van der Waals surface area contributed by atoms with Crippen molar-refractivity contribution >= 4 is 40.6 Å². The molecule has 0 radical (unpaired) electrons. The van der Waals surface area contributed by atoms with Crippen molar-refractivity contribution in [2.24, 2.45) is 0 Å². The van der Waals surface area contributed by atoms with Gasteiger partial charge in [0.2, 0.25) is 0 Å². The highest BCUT2D eigenvalue weighted by atomic mass is 127. The summed E-state index contributed by atoms with van der Waals surface area (Å²) in [6.45, 7) is 2.50. The number of imide groups is 1. The van der Waals surface area contributed by atoms with Gasteiger partial charge in [0, 0.05) is 12.1 Å². The number of amides is 3. The van der Waals surface area contributed by atoms with E-state index >= 15 is 0 Å². The van der Waals surface area contributed by atoms with Gasteiger partial charge in [-0.3, -0.25) is 9.69 Å². The summed E-state index contributed by atoms with van der Waals surface area (Å²) in [6.07, 6.45) is 2.31. The Bertz CT molecular complexity index is 1060. The van der Waals surface area contributed by atoms with Crippen molar-refractivity contribution in [3.63, 3.8) is 0 Å². The fourth-order valence-electron chi connectivity index (χ4n) is 3.03. The van der Waals surface area contributed by atoms with E-state index in [1.165, 1.54) is 12.0 Å². The summed E-state index contributed by atoms with van der Waals surface area (Å²) in [5, 5.41) is 11.8. The number of nitrogens with one attached hydrogen (secondary N) is 1. The molecule has 0 aromatic heterocycles. The molecule has 0 unspecified atom stereocenters. The third-order valence-electron chi connectivity index (χ3n) is 4.48. The number of rotatable bonds is 7. The predicted molar refractivity (Wildman–Crippen MR) is 120 cm³/mol. The summed E-state index contributed by atoms with van der Waals surface area (Å²) in [4.78, 5) is 25.6. The van der Waals surface area contributed by atoms with Crippen LogP contribution in [0.15, 0.2) is 42.1 Å².